The van der Waals surface area contributed by atoms with Crippen LogP contribution in [-0.4, -0.2) is 26.9 Å². The Hall–Kier alpha value is -3.02. The van der Waals surface area contributed by atoms with E-state index in [9.17, 15) is 20.1 Å². The Labute approximate surface area is 133 Å². The molecule has 0 bridgehead atoms. The van der Waals surface area contributed by atoms with Crippen molar-refractivity contribution in [2.45, 2.75) is 20.8 Å². The topological polar surface area (TPSA) is 102 Å². The number of nitrogens with one attached hydrogen (secondary N) is 1. The first-order valence-electron chi connectivity index (χ1n) is 6.96. The van der Waals surface area contributed by atoms with Crippen LogP contribution in [0.2, 0.25) is 0 Å². The fraction of sp³-hybridized carbons (Fsp3) is 0.176. The Morgan fingerprint density at radius 3 is 2.22 bits per heavy atom. The fourth-order valence-electron chi connectivity index (χ4n) is 2.21. The van der Waals surface area contributed by atoms with Gasteiger partial charge < -0.3 is 15.3 Å². The van der Waals surface area contributed by atoms with Crippen molar-refractivity contribution >= 4 is 11.6 Å². The molecule has 0 radical (unpaired) electrons. The summed E-state index contributed by atoms with van der Waals surface area (Å²) in [6.45, 7) is 5.72. The first-order chi connectivity index (χ1) is 10.8. The average Bonchev–Trinajstić information content (AvgIpc) is 2.49. The number of nitrogens with zero attached hydrogens (tertiary/aromatic N) is 1. The van der Waals surface area contributed by atoms with Gasteiger partial charge in [-0.05, 0) is 38.5 Å². The highest BCUT2D eigenvalue weighted by atomic mass is 16.3. The molecule has 6 nitrogen and oxygen atoms in total. The van der Waals surface area contributed by atoms with Crippen LogP contribution in [0.25, 0.3) is 0 Å². The number of aromatic hydroxyl groups is 3. The number of rotatable bonds is 3. The minimum Gasteiger partial charge on any atom is -0.504 e. The lowest BCUT2D eigenvalue weighted by Gasteiger charge is -2.08. The molecule has 2 aromatic rings. The van der Waals surface area contributed by atoms with Gasteiger partial charge in [-0.15, -0.1) is 0 Å². The van der Waals surface area contributed by atoms with Crippen LogP contribution in [0.1, 0.15) is 34.0 Å². The lowest BCUT2D eigenvalue weighted by molar-refractivity contribution is 0.0954. The summed E-state index contributed by atoms with van der Waals surface area (Å²) < 4.78 is 0. The molecule has 6 heteroatoms. The van der Waals surface area contributed by atoms with E-state index in [4.69, 9.17) is 0 Å². The summed E-state index contributed by atoms with van der Waals surface area (Å²) in [5.74, 6) is -2.44. The molecule has 0 unspecified atom stereocenters. The summed E-state index contributed by atoms with van der Waals surface area (Å²) in [7, 11) is 0. The zero-order chi connectivity index (χ0) is 17.1. The number of carbonyl (C=O) groups excluding carboxylic acids is 1. The second kappa shape index (κ2) is 6.39. The normalized spacial score (nSPS) is 11.3. The zero-order valence-corrected chi connectivity index (χ0v) is 13.1. The lowest BCUT2D eigenvalue weighted by atomic mass is 10.0. The maximum absolute atomic E-state index is 12.0. The van der Waals surface area contributed by atoms with E-state index in [1.54, 1.807) is 6.92 Å². The van der Waals surface area contributed by atoms with Gasteiger partial charge in [0.15, 0.2) is 17.2 Å². The predicted octanol–water partition coefficient (Wildman–Crippen LogP) is 2.57. The van der Waals surface area contributed by atoms with Gasteiger partial charge in [0.2, 0.25) is 0 Å². The van der Waals surface area contributed by atoms with E-state index < -0.39 is 23.2 Å². The van der Waals surface area contributed by atoms with Crippen molar-refractivity contribution in [2.24, 2.45) is 5.10 Å². The Morgan fingerprint density at radius 2 is 1.65 bits per heavy atom. The Bertz CT molecular complexity index is 774. The summed E-state index contributed by atoms with van der Waals surface area (Å²) in [6, 6.07) is 8.00. The highest BCUT2D eigenvalue weighted by Crippen LogP contribution is 2.35. The minimum atomic E-state index is -0.670. The molecule has 0 saturated heterocycles. The standard InChI is InChI=1S/C17H18N2O4/c1-9-4-5-13(10(2)6-9)11(3)18-19-17(23)12-7-14(20)16(22)15(21)8-12/h4-8,20-22H,1-3H3,(H,19,23). The van der Waals surface area contributed by atoms with Crippen LogP contribution in [0.4, 0.5) is 0 Å². The molecule has 1 amide bonds. The molecule has 23 heavy (non-hydrogen) atoms. The number of phenolic OH excluding ortho intramolecular Hbond substituents is 3. The highest BCUT2D eigenvalue weighted by molar-refractivity contribution is 6.02. The monoisotopic (exact) mass is 314 g/mol. The number of hydrogen-bond donors (Lipinski definition) is 4. The minimum absolute atomic E-state index is 0.0185. The van der Waals surface area contributed by atoms with Gasteiger partial charge in [0.1, 0.15) is 0 Å². The van der Waals surface area contributed by atoms with Crippen LogP contribution in [0, 0.1) is 13.8 Å². The SMILES string of the molecule is CC(=NNC(=O)c1cc(O)c(O)c(O)c1)c1ccc(C)cc1C. The molecule has 4 N–H and O–H groups in total. The maximum atomic E-state index is 12.0. The maximum Gasteiger partial charge on any atom is 0.271 e. The molecule has 0 aliphatic carbocycles. The highest BCUT2D eigenvalue weighted by Gasteiger charge is 2.13. The molecule has 0 aliphatic rings. The van der Waals surface area contributed by atoms with Crippen molar-refractivity contribution in [1.29, 1.82) is 0 Å². The molecular formula is C17H18N2O4. The second-order valence-corrected chi connectivity index (χ2v) is 5.32. The summed E-state index contributed by atoms with van der Waals surface area (Å²) in [5, 5.41) is 32.2. The van der Waals surface area contributed by atoms with E-state index in [2.05, 4.69) is 10.5 Å². The zero-order valence-electron chi connectivity index (χ0n) is 13.1. The van der Waals surface area contributed by atoms with Gasteiger partial charge in [-0.25, -0.2) is 5.43 Å². The molecule has 120 valence electrons. The third-order valence-electron chi connectivity index (χ3n) is 3.43. The van der Waals surface area contributed by atoms with Crippen molar-refractivity contribution in [3.05, 3.63) is 52.6 Å². The molecule has 0 aliphatic heterocycles. The van der Waals surface area contributed by atoms with Crippen molar-refractivity contribution in [3.63, 3.8) is 0 Å². The van der Waals surface area contributed by atoms with Crippen LogP contribution in [-0.2, 0) is 0 Å². The number of aryl methyl sites for hydroxylation is 2. The molecule has 0 atom stereocenters. The number of phenols is 3. The van der Waals surface area contributed by atoms with E-state index >= 15 is 0 Å². The summed E-state index contributed by atoms with van der Waals surface area (Å²) in [4.78, 5) is 12.0. The quantitative estimate of drug-likeness (QED) is 0.397. The third kappa shape index (κ3) is 3.60. The molecular weight excluding hydrogens is 296 g/mol. The van der Waals surface area contributed by atoms with Gasteiger partial charge in [-0.1, -0.05) is 23.8 Å². The number of carbonyl (C=O) groups is 1. The number of hydrazone groups is 1. The molecule has 0 heterocycles. The van der Waals surface area contributed by atoms with Gasteiger partial charge in [0.25, 0.3) is 5.91 Å². The number of hydrogen-bond acceptors (Lipinski definition) is 5. The van der Waals surface area contributed by atoms with Crippen molar-refractivity contribution < 1.29 is 20.1 Å². The summed E-state index contributed by atoms with van der Waals surface area (Å²) >= 11 is 0. The van der Waals surface area contributed by atoms with E-state index in [-0.39, 0.29) is 5.56 Å². The lowest BCUT2D eigenvalue weighted by Crippen LogP contribution is -2.19. The van der Waals surface area contributed by atoms with Crippen LogP contribution in [0.15, 0.2) is 35.4 Å². The van der Waals surface area contributed by atoms with Gasteiger partial charge in [0, 0.05) is 11.1 Å². The van der Waals surface area contributed by atoms with Crippen molar-refractivity contribution in [3.8, 4) is 17.2 Å². The Kier molecular flexibility index (Phi) is 4.55. The predicted molar refractivity (Wildman–Crippen MR) is 87.0 cm³/mol. The largest absolute Gasteiger partial charge is 0.504 e. The van der Waals surface area contributed by atoms with Gasteiger partial charge in [-0.2, -0.15) is 5.10 Å². The van der Waals surface area contributed by atoms with E-state index in [0.717, 1.165) is 28.8 Å². The summed E-state index contributed by atoms with van der Waals surface area (Å²) in [6.07, 6.45) is 0. The van der Waals surface area contributed by atoms with Crippen LogP contribution in [0.5, 0.6) is 17.2 Å². The van der Waals surface area contributed by atoms with Crippen LogP contribution >= 0.6 is 0 Å². The Balaban J connectivity index is 2.20. The molecule has 0 saturated carbocycles. The molecule has 0 fully saturated rings. The van der Waals surface area contributed by atoms with Gasteiger partial charge in [0.05, 0.1) is 5.71 Å². The average molecular weight is 314 g/mol. The first-order valence-corrected chi connectivity index (χ1v) is 6.96. The van der Waals surface area contributed by atoms with E-state index in [1.165, 1.54) is 0 Å². The summed E-state index contributed by atoms with van der Waals surface area (Å²) in [5.41, 5.74) is 6.06. The smallest absolute Gasteiger partial charge is 0.271 e. The van der Waals surface area contributed by atoms with E-state index in [1.807, 2.05) is 32.0 Å². The second-order valence-electron chi connectivity index (χ2n) is 5.32. The van der Waals surface area contributed by atoms with Crippen molar-refractivity contribution in [2.75, 3.05) is 0 Å². The molecule has 2 aromatic carbocycles. The first kappa shape index (κ1) is 16.4. The van der Waals surface area contributed by atoms with Gasteiger partial charge >= 0.3 is 0 Å². The molecule has 2 rings (SSSR count). The van der Waals surface area contributed by atoms with Crippen molar-refractivity contribution in [1.82, 2.24) is 5.43 Å². The number of amides is 1. The molecule has 0 spiro atoms. The fourth-order valence-corrected chi connectivity index (χ4v) is 2.21. The Morgan fingerprint density at radius 1 is 1.04 bits per heavy atom. The third-order valence-corrected chi connectivity index (χ3v) is 3.43. The van der Waals surface area contributed by atoms with E-state index in [0.29, 0.717) is 5.71 Å². The van der Waals surface area contributed by atoms with Gasteiger partial charge in [-0.3, -0.25) is 4.79 Å². The van der Waals surface area contributed by atoms with Crippen LogP contribution in [0.3, 0.4) is 0 Å². The van der Waals surface area contributed by atoms with Crippen LogP contribution < -0.4 is 5.43 Å². The molecule has 0 aromatic heterocycles. The number of benzene rings is 2.